The first kappa shape index (κ1) is 10.9. The second kappa shape index (κ2) is 3.20. The molecule has 0 saturated heterocycles. The van der Waals surface area contributed by atoms with Crippen molar-refractivity contribution in [1.82, 2.24) is 14.1 Å². The molecule has 16 heavy (non-hydrogen) atoms. The van der Waals surface area contributed by atoms with Crippen molar-refractivity contribution in [3.63, 3.8) is 0 Å². The minimum atomic E-state index is -0.0619. The number of aryl methyl sites for hydroxylation is 1. The predicted molar refractivity (Wildman–Crippen MR) is 64.7 cm³/mol. The summed E-state index contributed by atoms with van der Waals surface area (Å²) in [6, 6.07) is 1.84. The van der Waals surface area contributed by atoms with Gasteiger partial charge in [0.1, 0.15) is 11.5 Å². The van der Waals surface area contributed by atoms with Crippen LogP contribution in [0, 0.1) is 6.92 Å². The van der Waals surface area contributed by atoms with E-state index < -0.39 is 0 Å². The maximum atomic E-state index is 12.0. The fraction of sp³-hybridized carbons (Fsp3) is 0.500. The second-order valence-corrected chi connectivity index (χ2v) is 5.12. The van der Waals surface area contributed by atoms with Gasteiger partial charge < -0.3 is 4.57 Å². The Kier molecular flexibility index (Phi) is 2.19. The van der Waals surface area contributed by atoms with Crippen molar-refractivity contribution in [2.24, 2.45) is 7.05 Å². The minimum absolute atomic E-state index is 0.0190. The first-order chi connectivity index (χ1) is 7.32. The van der Waals surface area contributed by atoms with Crippen LogP contribution in [-0.2, 0) is 12.6 Å². The lowest BCUT2D eigenvalue weighted by Gasteiger charge is -2.22. The number of aromatic nitrogens is 3. The van der Waals surface area contributed by atoms with Gasteiger partial charge in [-0.05, 0) is 33.8 Å². The van der Waals surface area contributed by atoms with Crippen molar-refractivity contribution in [3.8, 4) is 0 Å². The van der Waals surface area contributed by atoms with Crippen LogP contribution in [0.25, 0.3) is 11.0 Å². The molecular formula is C12H17N3O. The third-order valence-electron chi connectivity index (χ3n) is 2.87. The Morgan fingerprint density at radius 2 is 1.94 bits per heavy atom. The molecular weight excluding hydrogens is 202 g/mol. The summed E-state index contributed by atoms with van der Waals surface area (Å²) >= 11 is 0. The van der Waals surface area contributed by atoms with E-state index in [9.17, 15) is 4.79 Å². The lowest BCUT2D eigenvalue weighted by molar-refractivity contribution is 0.408. The SMILES string of the molecule is Cc1nc2c(ccn2C(C)(C)C)c(=O)n1C. The Morgan fingerprint density at radius 1 is 1.31 bits per heavy atom. The van der Waals surface area contributed by atoms with Crippen LogP contribution in [0.5, 0.6) is 0 Å². The lowest BCUT2D eigenvalue weighted by Crippen LogP contribution is -2.24. The molecule has 0 fully saturated rings. The monoisotopic (exact) mass is 219 g/mol. The van der Waals surface area contributed by atoms with E-state index in [1.54, 1.807) is 11.6 Å². The molecule has 0 aliphatic rings. The molecule has 2 rings (SSSR count). The fourth-order valence-electron chi connectivity index (χ4n) is 1.80. The van der Waals surface area contributed by atoms with Gasteiger partial charge >= 0.3 is 0 Å². The second-order valence-electron chi connectivity index (χ2n) is 5.12. The van der Waals surface area contributed by atoms with Crippen LogP contribution in [0.4, 0.5) is 0 Å². The van der Waals surface area contributed by atoms with Gasteiger partial charge in [0.05, 0.1) is 5.39 Å². The molecule has 4 heteroatoms. The molecule has 0 spiro atoms. The summed E-state index contributed by atoms with van der Waals surface area (Å²) in [6.07, 6.45) is 1.93. The van der Waals surface area contributed by atoms with Gasteiger partial charge in [-0.2, -0.15) is 0 Å². The van der Waals surface area contributed by atoms with Gasteiger partial charge in [0.2, 0.25) is 0 Å². The summed E-state index contributed by atoms with van der Waals surface area (Å²) in [7, 11) is 1.75. The summed E-state index contributed by atoms with van der Waals surface area (Å²) in [5.74, 6) is 0.738. The quantitative estimate of drug-likeness (QED) is 0.677. The summed E-state index contributed by atoms with van der Waals surface area (Å²) < 4.78 is 3.62. The van der Waals surface area contributed by atoms with Crippen LogP contribution >= 0.6 is 0 Å². The summed E-state index contributed by atoms with van der Waals surface area (Å²) in [5, 5.41) is 0.683. The van der Waals surface area contributed by atoms with Gasteiger partial charge in [0.15, 0.2) is 0 Å². The van der Waals surface area contributed by atoms with Crippen LogP contribution in [0.1, 0.15) is 26.6 Å². The Bertz CT molecular complexity index is 599. The Morgan fingerprint density at radius 3 is 2.50 bits per heavy atom. The van der Waals surface area contributed by atoms with Gasteiger partial charge in [-0.3, -0.25) is 9.36 Å². The number of fused-ring (bicyclic) bond motifs is 1. The van der Waals surface area contributed by atoms with Crippen molar-refractivity contribution in [3.05, 3.63) is 28.4 Å². The lowest BCUT2D eigenvalue weighted by atomic mass is 10.1. The van der Waals surface area contributed by atoms with Crippen LogP contribution in [-0.4, -0.2) is 14.1 Å². The molecule has 0 unspecified atom stereocenters. The topological polar surface area (TPSA) is 39.8 Å². The molecule has 0 aromatic carbocycles. The highest BCUT2D eigenvalue weighted by Crippen LogP contribution is 2.20. The number of rotatable bonds is 0. The van der Waals surface area contributed by atoms with E-state index in [1.807, 2.05) is 23.8 Å². The minimum Gasteiger partial charge on any atom is -0.327 e. The van der Waals surface area contributed by atoms with Crippen molar-refractivity contribution < 1.29 is 0 Å². The van der Waals surface area contributed by atoms with Gasteiger partial charge in [-0.1, -0.05) is 0 Å². The van der Waals surface area contributed by atoms with Gasteiger partial charge in [-0.25, -0.2) is 4.98 Å². The zero-order valence-corrected chi connectivity index (χ0v) is 10.4. The fourth-order valence-corrected chi connectivity index (χ4v) is 1.80. The largest absolute Gasteiger partial charge is 0.327 e. The number of hydrogen-bond donors (Lipinski definition) is 0. The number of hydrogen-bond acceptors (Lipinski definition) is 2. The molecule has 2 heterocycles. The molecule has 0 radical (unpaired) electrons. The molecule has 0 saturated carbocycles. The van der Waals surface area contributed by atoms with E-state index in [4.69, 9.17) is 0 Å². The number of nitrogens with zero attached hydrogens (tertiary/aromatic N) is 3. The highest BCUT2D eigenvalue weighted by Gasteiger charge is 2.18. The molecule has 0 atom stereocenters. The van der Waals surface area contributed by atoms with Crippen molar-refractivity contribution >= 4 is 11.0 Å². The first-order valence-electron chi connectivity index (χ1n) is 5.37. The van der Waals surface area contributed by atoms with Gasteiger partial charge in [0, 0.05) is 18.8 Å². The van der Waals surface area contributed by atoms with E-state index >= 15 is 0 Å². The normalized spacial score (nSPS) is 12.3. The van der Waals surface area contributed by atoms with Gasteiger partial charge in [0.25, 0.3) is 5.56 Å². The summed E-state index contributed by atoms with van der Waals surface area (Å²) in [6.45, 7) is 8.14. The highest BCUT2D eigenvalue weighted by molar-refractivity contribution is 5.75. The first-order valence-corrected chi connectivity index (χ1v) is 5.37. The summed E-state index contributed by atoms with van der Waals surface area (Å²) in [5.41, 5.74) is 0.728. The molecule has 0 aliphatic heterocycles. The third kappa shape index (κ3) is 1.45. The maximum Gasteiger partial charge on any atom is 0.262 e. The smallest absolute Gasteiger partial charge is 0.262 e. The van der Waals surface area contributed by atoms with Crippen LogP contribution in [0.15, 0.2) is 17.1 Å². The zero-order valence-electron chi connectivity index (χ0n) is 10.4. The maximum absolute atomic E-state index is 12.0. The van der Waals surface area contributed by atoms with E-state index in [-0.39, 0.29) is 11.1 Å². The molecule has 0 bridgehead atoms. The molecule has 0 amide bonds. The average Bonchev–Trinajstić information content (AvgIpc) is 2.57. The summed E-state index contributed by atoms with van der Waals surface area (Å²) in [4.78, 5) is 16.5. The molecule has 2 aromatic heterocycles. The molecule has 0 N–H and O–H groups in total. The van der Waals surface area contributed by atoms with Crippen LogP contribution < -0.4 is 5.56 Å². The van der Waals surface area contributed by atoms with Crippen molar-refractivity contribution in [2.45, 2.75) is 33.2 Å². The molecule has 86 valence electrons. The average molecular weight is 219 g/mol. The van der Waals surface area contributed by atoms with E-state index in [2.05, 4.69) is 25.8 Å². The Labute approximate surface area is 94.5 Å². The van der Waals surface area contributed by atoms with Gasteiger partial charge in [-0.15, -0.1) is 0 Å². The van der Waals surface area contributed by atoms with E-state index in [1.165, 1.54) is 0 Å². The van der Waals surface area contributed by atoms with Crippen molar-refractivity contribution in [2.75, 3.05) is 0 Å². The molecule has 0 aliphatic carbocycles. The Balaban J connectivity index is 2.90. The van der Waals surface area contributed by atoms with Crippen LogP contribution in [0.3, 0.4) is 0 Å². The van der Waals surface area contributed by atoms with Crippen molar-refractivity contribution in [1.29, 1.82) is 0 Å². The highest BCUT2D eigenvalue weighted by atomic mass is 16.1. The predicted octanol–water partition coefficient (Wildman–Crippen LogP) is 1.80. The Hall–Kier alpha value is -1.58. The van der Waals surface area contributed by atoms with E-state index in [0.29, 0.717) is 5.39 Å². The van der Waals surface area contributed by atoms with Crippen LogP contribution in [0.2, 0.25) is 0 Å². The molecule has 4 nitrogen and oxygen atoms in total. The molecule has 2 aromatic rings. The zero-order chi connectivity index (χ0) is 12.1. The standard InChI is InChI=1S/C12H17N3O/c1-8-13-10-9(11(16)14(8)5)6-7-15(10)12(2,3)4/h6-7H,1-5H3. The van der Waals surface area contributed by atoms with E-state index in [0.717, 1.165) is 11.5 Å². The third-order valence-corrected chi connectivity index (χ3v) is 2.87.